The molecule has 0 aliphatic rings. The summed E-state index contributed by atoms with van der Waals surface area (Å²) in [6.45, 7) is 3.41. The lowest BCUT2D eigenvalue weighted by Gasteiger charge is -2.28. The first kappa shape index (κ1) is 22.7. The topological polar surface area (TPSA) is 40.6 Å². The summed E-state index contributed by atoms with van der Waals surface area (Å²) < 4.78 is 13.6. The lowest BCUT2D eigenvalue weighted by atomic mass is 10.1. The molecule has 6 heteroatoms. The summed E-state index contributed by atoms with van der Waals surface area (Å²) in [5, 5.41) is 1.99. The quantitative estimate of drug-likeness (QED) is 0.428. The van der Waals surface area contributed by atoms with Crippen molar-refractivity contribution in [3.05, 3.63) is 93.9 Å². The van der Waals surface area contributed by atoms with Crippen LogP contribution in [0.5, 0.6) is 0 Å². The van der Waals surface area contributed by atoms with Gasteiger partial charge in [0.25, 0.3) is 5.91 Å². The highest BCUT2D eigenvalue weighted by molar-refractivity contribution is 7.09. The van der Waals surface area contributed by atoms with Crippen molar-refractivity contribution in [1.82, 2.24) is 9.80 Å². The highest BCUT2D eigenvalue weighted by Crippen LogP contribution is 2.16. The molecule has 0 spiro atoms. The van der Waals surface area contributed by atoms with E-state index >= 15 is 0 Å². The zero-order valence-electron chi connectivity index (χ0n) is 17.7. The molecule has 2 aromatic carbocycles. The first-order valence-corrected chi connectivity index (χ1v) is 11.3. The van der Waals surface area contributed by atoms with Crippen LogP contribution < -0.4 is 0 Å². The number of thiophene rings is 1. The van der Waals surface area contributed by atoms with Crippen molar-refractivity contribution < 1.29 is 14.0 Å². The molecule has 2 amide bonds. The molecule has 0 unspecified atom stereocenters. The van der Waals surface area contributed by atoms with Crippen molar-refractivity contribution >= 4 is 23.2 Å². The summed E-state index contributed by atoms with van der Waals surface area (Å²) in [6.07, 6.45) is 1.67. The van der Waals surface area contributed by atoms with Crippen LogP contribution in [0.3, 0.4) is 0 Å². The van der Waals surface area contributed by atoms with Gasteiger partial charge in [0.1, 0.15) is 12.4 Å². The molecule has 0 atom stereocenters. The molecule has 1 heterocycles. The zero-order valence-corrected chi connectivity index (χ0v) is 18.5. The van der Waals surface area contributed by atoms with Gasteiger partial charge in [0.15, 0.2) is 0 Å². The number of hydrogen-bond donors (Lipinski definition) is 0. The van der Waals surface area contributed by atoms with Crippen LogP contribution in [0.1, 0.15) is 40.6 Å². The Morgan fingerprint density at radius 2 is 1.74 bits per heavy atom. The minimum absolute atomic E-state index is 0.0342. The van der Waals surface area contributed by atoms with Gasteiger partial charge < -0.3 is 9.80 Å². The number of amides is 2. The molecule has 0 saturated carbocycles. The Morgan fingerprint density at radius 1 is 0.935 bits per heavy atom. The van der Waals surface area contributed by atoms with Crippen molar-refractivity contribution in [1.29, 1.82) is 0 Å². The molecule has 0 aliphatic heterocycles. The number of carbonyl (C=O) groups excluding carboxylic acids is 2. The van der Waals surface area contributed by atoms with Gasteiger partial charge in [-0.3, -0.25) is 9.59 Å². The van der Waals surface area contributed by atoms with Crippen molar-refractivity contribution in [3.63, 3.8) is 0 Å². The Morgan fingerprint density at radius 3 is 2.42 bits per heavy atom. The van der Waals surface area contributed by atoms with Crippen LogP contribution >= 0.6 is 11.3 Å². The number of carbonyl (C=O) groups is 2. The van der Waals surface area contributed by atoms with Crippen LogP contribution in [0.25, 0.3) is 0 Å². The SMILES string of the molecule is CCCCN(CC(=O)N(Cc1ccccc1)Cc1cccs1)C(=O)c1cccc(F)c1. The zero-order chi connectivity index (χ0) is 22.1. The van der Waals surface area contributed by atoms with E-state index in [2.05, 4.69) is 0 Å². The first-order chi connectivity index (χ1) is 15.1. The van der Waals surface area contributed by atoms with E-state index in [0.29, 0.717) is 19.6 Å². The van der Waals surface area contributed by atoms with Gasteiger partial charge in [-0.25, -0.2) is 4.39 Å². The molecule has 1 aromatic heterocycles. The van der Waals surface area contributed by atoms with Crippen molar-refractivity contribution in [2.45, 2.75) is 32.9 Å². The molecule has 4 nitrogen and oxygen atoms in total. The third kappa shape index (κ3) is 6.76. The maximum Gasteiger partial charge on any atom is 0.254 e. The van der Waals surface area contributed by atoms with E-state index in [1.807, 2.05) is 54.8 Å². The van der Waals surface area contributed by atoms with E-state index in [9.17, 15) is 14.0 Å². The number of rotatable bonds is 10. The summed E-state index contributed by atoms with van der Waals surface area (Å²) in [4.78, 5) is 30.7. The second-order valence-electron chi connectivity index (χ2n) is 7.41. The maximum atomic E-state index is 13.6. The van der Waals surface area contributed by atoms with E-state index in [4.69, 9.17) is 0 Å². The predicted octanol–water partition coefficient (Wildman–Crippen LogP) is 5.36. The minimum Gasteiger partial charge on any atom is -0.332 e. The molecule has 0 bridgehead atoms. The number of hydrogen-bond acceptors (Lipinski definition) is 3. The predicted molar refractivity (Wildman–Crippen MR) is 122 cm³/mol. The molecule has 31 heavy (non-hydrogen) atoms. The Bertz CT molecular complexity index is 976. The summed E-state index contributed by atoms with van der Waals surface area (Å²) >= 11 is 1.60. The second-order valence-corrected chi connectivity index (χ2v) is 8.44. The van der Waals surface area contributed by atoms with Gasteiger partial charge in [-0.1, -0.05) is 55.8 Å². The largest absolute Gasteiger partial charge is 0.332 e. The second kappa shape index (κ2) is 11.4. The third-order valence-electron chi connectivity index (χ3n) is 4.96. The summed E-state index contributed by atoms with van der Waals surface area (Å²) in [6, 6.07) is 19.4. The highest BCUT2D eigenvalue weighted by atomic mass is 32.1. The molecular formula is C25H27FN2O2S. The number of nitrogens with zero attached hydrogens (tertiary/aromatic N) is 2. The Labute approximate surface area is 186 Å². The van der Waals surface area contributed by atoms with E-state index in [1.165, 1.54) is 23.1 Å². The Balaban J connectivity index is 1.78. The van der Waals surface area contributed by atoms with Crippen LogP contribution in [0.2, 0.25) is 0 Å². The Kier molecular flexibility index (Phi) is 8.35. The van der Waals surface area contributed by atoms with Gasteiger partial charge in [-0.15, -0.1) is 11.3 Å². The van der Waals surface area contributed by atoms with Crippen LogP contribution in [-0.2, 0) is 17.9 Å². The van der Waals surface area contributed by atoms with E-state index in [-0.39, 0.29) is 23.9 Å². The van der Waals surface area contributed by atoms with Gasteiger partial charge in [0, 0.05) is 23.5 Å². The fourth-order valence-corrected chi connectivity index (χ4v) is 4.01. The maximum absolute atomic E-state index is 13.6. The van der Waals surface area contributed by atoms with Gasteiger partial charge in [0.2, 0.25) is 5.91 Å². The number of unbranched alkanes of at least 4 members (excludes halogenated alkanes) is 1. The minimum atomic E-state index is -0.462. The smallest absolute Gasteiger partial charge is 0.254 e. The normalized spacial score (nSPS) is 10.6. The van der Waals surface area contributed by atoms with E-state index in [1.54, 1.807) is 22.3 Å². The molecule has 0 N–H and O–H groups in total. The van der Waals surface area contributed by atoms with Crippen LogP contribution in [-0.4, -0.2) is 34.7 Å². The Hall–Kier alpha value is -2.99. The van der Waals surface area contributed by atoms with E-state index < -0.39 is 5.82 Å². The van der Waals surface area contributed by atoms with Crippen LogP contribution in [0, 0.1) is 5.82 Å². The lowest BCUT2D eigenvalue weighted by molar-refractivity contribution is -0.133. The first-order valence-electron chi connectivity index (χ1n) is 10.5. The fourth-order valence-electron chi connectivity index (χ4n) is 3.30. The highest BCUT2D eigenvalue weighted by Gasteiger charge is 2.23. The molecule has 3 rings (SSSR count). The van der Waals surface area contributed by atoms with Gasteiger partial charge in [-0.05, 0) is 41.6 Å². The van der Waals surface area contributed by atoms with Crippen LogP contribution in [0.15, 0.2) is 72.1 Å². The van der Waals surface area contributed by atoms with Crippen molar-refractivity contribution in [3.8, 4) is 0 Å². The molecule has 3 aromatic rings. The molecule has 0 aliphatic carbocycles. The molecule has 0 saturated heterocycles. The van der Waals surface area contributed by atoms with Gasteiger partial charge in [-0.2, -0.15) is 0 Å². The van der Waals surface area contributed by atoms with Crippen molar-refractivity contribution in [2.24, 2.45) is 0 Å². The summed E-state index contributed by atoms with van der Waals surface area (Å²) in [5.41, 5.74) is 1.29. The number of halogens is 1. The number of benzene rings is 2. The van der Waals surface area contributed by atoms with Gasteiger partial charge >= 0.3 is 0 Å². The standard InChI is InChI=1S/C25H27FN2O2S/c1-2-3-14-27(25(30)21-11-7-12-22(26)16-21)19-24(29)28(18-23-13-8-15-31-23)17-20-9-5-4-6-10-20/h4-13,15-16H,2-3,14,17-19H2,1H3. The summed E-state index contributed by atoms with van der Waals surface area (Å²) in [7, 11) is 0. The van der Waals surface area contributed by atoms with Gasteiger partial charge in [0.05, 0.1) is 6.54 Å². The molecule has 0 fully saturated rings. The molecule has 162 valence electrons. The third-order valence-corrected chi connectivity index (χ3v) is 5.82. The van der Waals surface area contributed by atoms with E-state index in [0.717, 1.165) is 23.3 Å². The molecule has 0 radical (unpaired) electrons. The van der Waals surface area contributed by atoms with Crippen LogP contribution in [0.4, 0.5) is 4.39 Å². The van der Waals surface area contributed by atoms with Crippen molar-refractivity contribution in [2.75, 3.05) is 13.1 Å². The lowest BCUT2D eigenvalue weighted by Crippen LogP contribution is -2.42. The molecular weight excluding hydrogens is 411 g/mol. The monoisotopic (exact) mass is 438 g/mol. The fraction of sp³-hybridized carbons (Fsp3) is 0.280. The summed E-state index contributed by atoms with van der Waals surface area (Å²) in [5.74, 6) is -0.911. The average molecular weight is 439 g/mol. The average Bonchev–Trinajstić information content (AvgIpc) is 3.29.